The van der Waals surface area contributed by atoms with Crippen LogP contribution < -0.4 is 5.32 Å². The topological polar surface area (TPSA) is 15.3 Å². The minimum Gasteiger partial charge on any atom is -0.314 e. The highest BCUT2D eigenvalue weighted by Crippen LogP contribution is 2.32. The predicted octanol–water partition coefficient (Wildman–Crippen LogP) is 1.72. The Labute approximate surface area is 88.1 Å². The number of nitrogens with one attached hydrogen (secondary N) is 1. The fourth-order valence-corrected chi connectivity index (χ4v) is 3.08. The van der Waals surface area contributed by atoms with Crippen molar-refractivity contribution in [2.45, 2.75) is 39.2 Å². The zero-order valence-electron chi connectivity index (χ0n) is 9.63. The second kappa shape index (κ2) is 4.63. The molecule has 0 aromatic rings. The van der Waals surface area contributed by atoms with E-state index in [2.05, 4.69) is 24.1 Å². The van der Waals surface area contributed by atoms with Crippen molar-refractivity contribution in [1.29, 1.82) is 0 Å². The average molecular weight is 196 g/mol. The predicted molar refractivity (Wildman–Crippen MR) is 60.4 cm³/mol. The second-order valence-corrected chi connectivity index (χ2v) is 5.12. The van der Waals surface area contributed by atoms with E-state index in [4.69, 9.17) is 0 Å². The van der Waals surface area contributed by atoms with E-state index in [-0.39, 0.29) is 0 Å². The summed E-state index contributed by atoms with van der Waals surface area (Å²) in [6.07, 6.45) is 4.33. The Morgan fingerprint density at radius 3 is 2.50 bits per heavy atom. The average Bonchev–Trinajstić information content (AvgIpc) is 2.23. The fraction of sp³-hybridized carbons (Fsp3) is 1.00. The Morgan fingerprint density at radius 1 is 1.07 bits per heavy atom. The molecule has 2 heteroatoms. The summed E-state index contributed by atoms with van der Waals surface area (Å²) in [6.45, 7) is 9.80. The summed E-state index contributed by atoms with van der Waals surface area (Å²) in [5.74, 6) is 1.84. The van der Waals surface area contributed by atoms with Crippen molar-refractivity contribution < 1.29 is 0 Å². The first-order chi connectivity index (χ1) is 6.79. The maximum Gasteiger partial charge on any atom is 0.0124 e. The van der Waals surface area contributed by atoms with Crippen LogP contribution in [0.25, 0.3) is 0 Å². The van der Waals surface area contributed by atoms with E-state index in [1.807, 2.05) is 0 Å². The summed E-state index contributed by atoms with van der Waals surface area (Å²) in [7, 11) is 0. The lowest BCUT2D eigenvalue weighted by Gasteiger charge is -2.43. The van der Waals surface area contributed by atoms with E-state index >= 15 is 0 Å². The molecular weight excluding hydrogens is 172 g/mol. The van der Waals surface area contributed by atoms with Gasteiger partial charge in [0.2, 0.25) is 0 Å². The first-order valence-electron chi connectivity index (χ1n) is 6.24. The molecule has 3 atom stereocenters. The molecule has 1 heterocycles. The summed E-state index contributed by atoms with van der Waals surface area (Å²) in [5, 5.41) is 3.44. The molecule has 1 saturated heterocycles. The molecule has 2 nitrogen and oxygen atoms in total. The van der Waals surface area contributed by atoms with E-state index in [0.717, 1.165) is 17.9 Å². The highest BCUT2D eigenvalue weighted by atomic mass is 15.2. The summed E-state index contributed by atoms with van der Waals surface area (Å²) in [6, 6.07) is 0.876. The van der Waals surface area contributed by atoms with Crippen molar-refractivity contribution in [1.82, 2.24) is 10.2 Å². The van der Waals surface area contributed by atoms with Gasteiger partial charge in [0.15, 0.2) is 0 Å². The van der Waals surface area contributed by atoms with Gasteiger partial charge in [-0.25, -0.2) is 0 Å². The third kappa shape index (κ3) is 2.12. The molecule has 0 aromatic carbocycles. The second-order valence-electron chi connectivity index (χ2n) is 5.12. The Bertz CT molecular complexity index is 175. The Balaban J connectivity index is 1.93. The van der Waals surface area contributed by atoms with E-state index < -0.39 is 0 Å². The number of nitrogens with zero attached hydrogens (tertiary/aromatic N) is 1. The van der Waals surface area contributed by atoms with Gasteiger partial charge in [0.25, 0.3) is 0 Å². The molecule has 1 aliphatic heterocycles. The highest BCUT2D eigenvalue weighted by molar-refractivity contribution is 4.86. The third-order valence-corrected chi connectivity index (χ3v) is 4.28. The summed E-state index contributed by atoms with van der Waals surface area (Å²) in [4.78, 5) is 2.72. The van der Waals surface area contributed by atoms with E-state index in [9.17, 15) is 0 Å². The van der Waals surface area contributed by atoms with Gasteiger partial charge in [0, 0.05) is 32.2 Å². The van der Waals surface area contributed by atoms with Crippen LogP contribution in [0.15, 0.2) is 0 Å². The summed E-state index contributed by atoms with van der Waals surface area (Å²) < 4.78 is 0. The van der Waals surface area contributed by atoms with Crippen LogP contribution in [0.5, 0.6) is 0 Å². The van der Waals surface area contributed by atoms with Crippen molar-refractivity contribution in [3.8, 4) is 0 Å². The molecule has 3 unspecified atom stereocenters. The molecule has 1 N–H and O–H groups in total. The molecule has 0 amide bonds. The molecular formula is C12H24N2. The fourth-order valence-electron chi connectivity index (χ4n) is 3.08. The Morgan fingerprint density at radius 2 is 1.79 bits per heavy atom. The van der Waals surface area contributed by atoms with Crippen molar-refractivity contribution in [2.24, 2.45) is 11.8 Å². The summed E-state index contributed by atoms with van der Waals surface area (Å²) in [5.41, 5.74) is 0. The van der Waals surface area contributed by atoms with E-state index in [0.29, 0.717) is 0 Å². The van der Waals surface area contributed by atoms with E-state index in [1.165, 1.54) is 45.4 Å². The van der Waals surface area contributed by atoms with Crippen LogP contribution in [0.4, 0.5) is 0 Å². The lowest BCUT2D eigenvalue weighted by Crippen LogP contribution is -2.52. The van der Waals surface area contributed by atoms with Gasteiger partial charge in [-0.1, -0.05) is 26.7 Å². The van der Waals surface area contributed by atoms with Crippen LogP contribution in [0.2, 0.25) is 0 Å². The van der Waals surface area contributed by atoms with Crippen LogP contribution in [-0.2, 0) is 0 Å². The molecule has 1 saturated carbocycles. The largest absolute Gasteiger partial charge is 0.314 e. The first-order valence-corrected chi connectivity index (χ1v) is 6.24. The molecule has 0 spiro atoms. The molecule has 82 valence electrons. The standard InChI is InChI=1S/C12H24N2/c1-10-4-3-5-12(11(10)2)14-8-6-13-7-9-14/h10-13H,3-9H2,1-2H3. The molecule has 0 aromatic heterocycles. The Hall–Kier alpha value is -0.0800. The van der Waals surface area contributed by atoms with Gasteiger partial charge in [-0.15, -0.1) is 0 Å². The SMILES string of the molecule is CC1CCCC(N2CCNCC2)C1C. The number of rotatable bonds is 1. The minimum atomic E-state index is 0.876. The summed E-state index contributed by atoms with van der Waals surface area (Å²) >= 11 is 0. The first kappa shape index (κ1) is 10.4. The monoisotopic (exact) mass is 196 g/mol. The lowest BCUT2D eigenvalue weighted by molar-refractivity contribution is 0.0713. The van der Waals surface area contributed by atoms with Gasteiger partial charge >= 0.3 is 0 Å². The third-order valence-electron chi connectivity index (χ3n) is 4.28. The van der Waals surface area contributed by atoms with Crippen molar-refractivity contribution >= 4 is 0 Å². The maximum atomic E-state index is 3.44. The van der Waals surface area contributed by atoms with Crippen LogP contribution >= 0.6 is 0 Å². The van der Waals surface area contributed by atoms with Gasteiger partial charge in [-0.05, 0) is 18.3 Å². The van der Waals surface area contributed by atoms with Crippen molar-refractivity contribution in [3.63, 3.8) is 0 Å². The quantitative estimate of drug-likeness (QED) is 0.687. The normalized spacial score (nSPS) is 41.1. The number of hydrogen-bond acceptors (Lipinski definition) is 2. The molecule has 2 rings (SSSR count). The zero-order valence-corrected chi connectivity index (χ0v) is 9.63. The van der Waals surface area contributed by atoms with Crippen LogP contribution in [0.1, 0.15) is 33.1 Å². The van der Waals surface area contributed by atoms with Gasteiger partial charge in [0.05, 0.1) is 0 Å². The number of hydrogen-bond donors (Lipinski definition) is 1. The van der Waals surface area contributed by atoms with E-state index in [1.54, 1.807) is 0 Å². The molecule has 1 aliphatic carbocycles. The molecule has 14 heavy (non-hydrogen) atoms. The van der Waals surface area contributed by atoms with Crippen molar-refractivity contribution in [2.75, 3.05) is 26.2 Å². The van der Waals surface area contributed by atoms with Crippen LogP contribution in [-0.4, -0.2) is 37.1 Å². The molecule has 2 aliphatic rings. The molecule has 0 bridgehead atoms. The van der Waals surface area contributed by atoms with Crippen molar-refractivity contribution in [3.05, 3.63) is 0 Å². The minimum absolute atomic E-state index is 0.876. The van der Waals surface area contributed by atoms with Crippen LogP contribution in [0.3, 0.4) is 0 Å². The van der Waals surface area contributed by atoms with Gasteiger partial charge in [-0.2, -0.15) is 0 Å². The van der Waals surface area contributed by atoms with Gasteiger partial charge < -0.3 is 5.32 Å². The number of piperazine rings is 1. The molecule has 0 radical (unpaired) electrons. The van der Waals surface area contributed by atoms with Gasteiger partial charge in [0.1, 0.15) is 0 Å². The lowest BCUT2D eigenvalue weighted by atomic mass is 9.77. The Kier molecular flexibility index (Phi) is 3.45. The smallest absolute Gasteiger partial charge is 0.0124 e. The van der Waals surface area contributed by atoms with Gasteiger partial charge in [-0.3, -0.25) is 4.90 Å². The molecule has 2 fully saturated rings. The maximum absolute atomic E-state index is 3.44. The van der Waals surface area contributed by atoms with Crippen LogP contribution in [0, 0.1) is 11.8 Å². The highest BCUT2D eigenvalue weighted by Gasteiger charge is 2.31. The zero-order chi connectivity index (χ0) is 9.97.